The van der Waals surface area contributed by atoms with Gasteiger partial charge in [0.25, 0.3) is 5.91 Å². The van der Waals surface area contributed by atoms with E-state index in [-0.39, 0.29) is 29.8 Å². The first-order valence-corrected chi connectivity index (χ1v) is 13.6. The van der Waals surface area contributed by atoms with E-state index in [1.54, 1.807) is 17.0 Å². The molecule has 5 rings (SSSR count). The van der Waals surface area contributed by atoms with Crippen LogP contribution in [0.3, 0.4) is 0 Å². The molecule has 3 aliphatic rings. The Morgan fingerprint density at radius 2 is 1.61 bits per heavy atom. The van der Waals surface area contributed by atoms with Crippen molar-refractivity contribution in [2.75, 3.05) is 20.1 Å². The predicted octanol–water partition coefficient (Wildman–Crippen LogP) is 5.72. The third-order valence-corrected chi connectivity index (χ3v) is 8.47. The Kier molecular flexibility index (Phi) is 7.31. The quantitative estimate of drug-likeness (QED) is 0.539. The number of halogens is 1. The SMILES string of the molecule is CN1CCCCN(C(=O)C2(c3ccccc3F)CCCC2)[C@@H]2CCCC[C@@H]2Oc2ccccc2C1=O. The van der Waals surface area contributed by atoms with E-state index in [0.717, 1.165) is 51.4 Å². The molecule has 0 aromatic heterocycles. The molecule has 1 heterocycles. The van der Waals surface area contributed by atoms with Crippen LogP contribution in [-0.4, -0.2) is 53.9 Å². The summed E-state index contributed by atoms with van der Waals surface area (Å²) in [7, 11) is 1.82. The van der Waals surface area contributed by atoms with Gasteiger partial charge in [-0.2, -0.15) is 0 Å². The van der Waals surface area contributed by atoms with Crippen molar-refractivity contribution >= 4 is 11.8 Å². The Labute approximate surface area is 213 Å². The van der Waals surface area contributed by atoms with E-state index >= 15 is 4.39 Å². The standard InChI is InChI=1S/C30H37FN2O3/c1-32-20-10-11-21-33(29(35)30(18-8-9-19-30)23-13-3-4-14-24(23)31)25-15-5-7-17-27(25)36-26-16-6-2-12-22(26)28(32)34/h2-4,6,12-14,16,25,27H,5,7-11,15,17-21H2,1H3/t25-,27+/m1/s1. The van der Waals surface area contributed by atoms with Crippen molar-refractivity contribution in [1.82, 2.24) is 9.80 Å². The zero-order valence-corrected chi connectivity index (χ0v) is 21.3. The zero-order chi connectivity index (χ0) is 25.1. The summed E-state index contributed by atoms with van der Waals surface area (Å²) >= 11 is 0. The third kappa shape index (κ3) is 4.62. The van der Waals surface area contributed by atoms with Crippen LogP contribution < -0.4 is 4.74 Å². The van der Waals surface area contributed by atoms with Crippen LogP contribution in [0.2, 0.25) is 0 Å². The number of carbonyl (C=O) groups excluding carboxylic acids is 2. The van der Waals surface area contributed by atoms with Gasteiger partial charge in [0.1, 0.15) is 17.7 Å². The molecule has 0 radical (unpaired) electrons. The number of nitrogens with zero attached hydrogens (tertiary/aromatic N) is 2. The number of hydrogen-bond donors (Lipinski definition) is 0. The van der Waals surface area contributed by atoms with Crippen LogP contribution in [-0.2, 0) is 10.2 Å². The topological polar surface area (TPSA) is 49.9 Å². The van der Waals surface area contributed by atoms with E-state index in [0.29, 0.717) is 42.8 Å². The molecule has 2 atom stereocenters. The number of para-hydroxylation sites is 1. The van der Waals surface area contributed by atoms with Gasteiger partial charge in [0.2, 0.25) is 5.91 Å². The number of hydrogen-bond acceptors (Lipinski definition) is 3. The lowest BCUT2D eigenvalue weighted by Gasteiger charge is -2.44. The Morgan fingerprint density at radius 1 is 0.917 bits per heavy atom. The van der Waals surface area contributed by atoms with Crippen molar-refractivity contribution in [1.29, 1.82) is 0 Å². The molecule has 36 heavy (non-hydrogen) atoms. The van der Waals surface area contributed by atoms with E-state index in [4.69, 9.17) is 4.74 Å². The van der Waals surface area contributed by atoms with Crippen molar-refractivity contribution in [3.63, 3.8) is 0 Å². The largest absolute Gasteiger partial charge is 0.487 e. The second-order valence-electron chi connectivity index (χ2n) is 10.7. The summed E-state index contributed by atoms with van der Waals surface area (Å²) in [4.78, 5) is 31.5. The van der Waals surface area contributed by atoms with Crippen LogP contribution in [0.15, 0.2) is 48.5 Å². The lowest BCUT2D eigenvalue weighted by molar-refractivity contribution is -0.143. The van der Waals surface area contributed by atoms with Gasteiger partial charge in [0, 0.05) is 25.7 Å². The smallest absolute Gasteiger partial charge is 0.257 e. The summed E-state index contributed by atoms with van der Waals surface area (Å²) in [5.41, 5.74) is 0.304. The molecule has 0 saturated heterocycles. The maximum atomic E-state index is 15.1. The number of fused-ring (bicyclic) bond motifs is 2. The molecule has 6 heteroatoms. The molecular weight excluding hydrogens is 455 g/mol. The van der Waals surface area contributed by atoms with Gasteiger partial charge in [-0.1, -0.05) is 49.6 Å². The average molecular weight is 493 g/mol. The van der Waals surface area contributed by atoms with Crippen LogP contribution in [0.1, 0.15) is 80.1 Å². The molecule has 2 fully saturated rings. The lowest BCUT2D eigenvalue weighted by atomic mass is 9.76. The molecule has 0 unspecified atom stereocenters. The first kappa shape index (κ1) is 24.8. The normalized spacial score (nSPS) is 24.7. The molecule has 2 amide bonds. The lowest BCUT2D eigenvalue weighted by Crippen LogP contribution is -2.56. The van der Waals surface area contributed by atoms with Crippen LogP contribution in [0, 0.1) is 5.82 Å². The molecule has 0 N–H and O–H groups in total. The number of carbonyl (C=O) groups is 2. The zero-order valence-electron chi connectivity index (χ0n) is 21.3. The van der Waals surface area contributed by atoms with Gasteiger partial charge in [0.15, 0.2) is 0 Å². The van der Waals surface area contributed by atoms with Crippen molar-refractivity contribution < 1.29 is 18.7 Å². The highest BCUT2D eigenvalue weighted by atomic mass is 19.1. The minimum Gasteiger partial charge on any atom is -0.487 e. The molecule has 2 aromatic rings. The highest BCUT2D eigenvalue weighted by Crippen LogP contribution is 2.45. The minimum atomic E-state index is -0.810. The Balaban J connectivity index is 1.53. The Hall–Kier alpha value is -2.89. The molecule has 2 saturated carbocycles. The summed E-state index contributed by atoms with van der Waals surface area (Å²) in [6, 6.07) is 14.2. The van der Waals surface area contributed by atoms with Gasteiger partial charge >= 0.3 is 0 Å². The average Bonchev–Trinajstić information content (AvgIpc) is 3.39. The van der Waals surface area contributed by atoms with Crippen LogP contribution >= 0.6 is 0 Å². The molecular formula is C30H37FN2O3. The van der Waals surface area contributed by atoms with Gasteiger partial charge in [-0.3, -0.25) is 9.59 Å². The molecule has 0 bridgehead atoms. The molecule has 0 spiro atoms. The van der Waals surface area contributed by atoms with Crippen molar-refractivity contribution in [3.8, 4) is 5.75 Å². The van der Waals surface area contributed by atoms with Crippen LogP contribution in [0.5, 0.6) is 5.75 Å². The highest BCUT2D eigenvalue weighted by Gasteiger charge is 2.49. The molecule has 1 aliphatic heterocycles. The number of benzene rings is 2. The van der Waals surface area contributed by atoms with E-state index in [1.165, 1.54) is 6.07 Å². The summed E-state index contributed by atoms with van der Waals surface area (Å²) in [6.07, 6.45) is 8.38. The number of rotatable bonds is 2. The first-order valence-electron chi connectivity index (χ1n) is 13.6. The maximum absolute atomic E-state index is 15.1. The fourth-order valence-electron chi connectivity index (χ4n) is 6.54. The number of amides is 2. The van der Waals surface area contributed by atoms with Gasteiger partial charge < -0.3 is 14.5 Å². The van der Waals surface area contributed by atoms with Crippen molar-refractivity contribution in [2.24, 2.45) is 0 Å². The predicted molar refractivity (Wildman–Crippen MR) is 138 cm³/mol. The van der Waals surface area contributed by atoms with Gasteiger partial charge in [0.05, 0.1) is 17.0 Å². The van der Waals surface area contributed by atoms with Crippen molar-refractivity contribution in [2.45, 2.75) is 81.8 Å². The molecule has 2 aliphatic carbocycles. The fraction of sp³-hybridized carbons (Fsp3) is 0.533. The molecule has 2 aromatic carbocycles. The summed E-state index contributed by atoms with van der Waals surface area (Å²) in [5, 5.41) is 0. The second kappa shape index (κ2) is 10.6. The van der Waals surface area contributed by atoms with Crippen LogP contribution in [0.25, 0.3) is 0 Å². The van der Waals surface area contributed by atoms with Crippen molar-refractivity contribution in [3.05, 3.63) is 65.5 Å². The summed E-state index contributed by atoms with van der Waals surface area (Å²) < 4.78 is 21.7. The fourth-order valence-corrected chi connectivity index (χ4v) is 6.54. The Bertz CT molecular complexity index is 1100. The van der Waals surface area contributed by atoms with Gasteiger partial charge in [-0.25, -0.2) is 4.39 Å². The maximum Gasteiger partial charge on any atom is 0.257 e. The number of ether oxygens (including phenoxy) is 1. The van der Waals surface area contributed by atoms with Gasteiger partial charge in [-0.05, 0) is 63.1 Å². The minimum absolute atomic E-state index is 0.0315. The Morgan fingerprint density at radius 3 is 2.42 bits per heavy atom. The molecule has 5 nitrogen and oxygen atoms in total. The summed E-state index contributed by atoms with van der Waals surface area (Å²) in [6.45, 7) is 1.21. The van der Waals surface area contributed by atoms with E-state index < -0.39 is 5.41 Å². The second-order valence-corrected chi connectivity index (χ2v) is 10.7. The van der Waals surface area contributed by atoms with Gasteiger partial charge in [-0.15, -0.1) is 0 Å². The van der Waals surface area contributed by atoms with E-state index in [1.807, 2.05) is 42.3 Å². The molecule has 192 valence electrons. The third-order valence-electron chi connectivity index (χ3n) is 8.47. The van der Waals surface area contributed by atoms with Crippen LogP contribution in [0.4, 0.5) is 4.39 Å². The van der Waals surface area contributed by atoms with E-state index in [2.05, 4.69) is 0 Å². The van der Waals surface area contributed by atoms with E-state index in [9.17, 15) is 9.59 Å². The summed E-state index contributed by atoms with van der Waals surface area (Å²) in [5.74, 6) is 0.327. The monoisotopic (exact) mass is 492 g/mol. The first-order chi connectivity index (χ1) is 17.5. The highest BCUT2D eigenvalue weighted by molar-refractivity contribution is 5.96.